The quantitative estimate of drug-likeness (QED) is 0.281. The highest BCUT2D eigenvalue weighted by Gasteiger charge is 2.25. The Kier molecular flexibility index (Phi) is 11.2. The van der Waals surface area contributed by atoms with E-state index in [4.69, 9.17) is 15.6 Å². The average molecular weight is 591 g/mol. The third kappa shape index (κ3) is 7.97. The predicted molar refractivity (Wildman–Crippen MR) is 142 cm³/mol. The van der Waals surface area contributed by atoms with E-state index in [0.29, 0.717) is 33.7 Å². The normalized spacial score (nSPS) is 13.2. The number of rotatable bonds is 11. The maximum Gasteiger partial charge on any atom is 0.387 e. The SMILES string of the molecule is C[C@H](N)c1sc(-c2ccc(OC(F)F)c(OCC3CC3)c2)nc1C(=O)NCc1cccc(C(=O)O)n1.Cl.Cl. The number of carboxylic acids is 1. The second-order valence-corrected chi connectivity index (χ2v) is 9.35. The lowest BCUT2D eigenvalue weighted by molar-refractivity contribution is -0.0515. The lowest BCUT2D eigenvalue weighted by Gasteiger charge is -2.13. The monoisotopic (exact) mass is 590 g/mol. The molecule has 2 heterocycles. The standard InChI is InChI=1S/C24H24F2N4O5S.2ClH/c1-12(27)20-19(21(31)28-10-15-3-2-4-16(29-15)23(32)33)30-22(36-20)14-7-8-17(35-24(25)26)18(9-14)34-11-13-5-6-13;;/h2-4,7-9,12-13,24H,5-6,10-11,27H2,1H3,(H,28,31)(H,32,33);2*1H/t12-;;/m0../s1. The van der Waals surface area contributed by atoms with Crippen LogP contribution in [0.2, 0.25) is 0 Å². The van der Waals surface area contributed by atoms with Gasteiger partial charge >= 0.3 is 12.6 Å². The molecule has 1 aliphatic carbocycles. The summed E-state index contributed by atoms with van der Waals surface area (Å²) in [5, 5.41) is 12.2. The Hall–Kier alpha value is -3.06. The van der Waals surface area contributed by atoms with Crippen LogP contribution in [0.15, 0.2) is 36.4 Å². The zero-order valence-electron chi connectivity index (χ0n) is 20.1. The van der Waals surface area contributed by atoms with Crippen LogP contribution in [0.25, 0.3) is 10.6 Å². The van der Waals surface area contributed by atoms with Crippen molar-refractivity contribution in [1.29, 1.82) is 0 Å². The molecular formula is C24H26Cl2F2N4O5S. The van der Waals surface area contributed by atoms with E-state index in [1.165, 1.54) is 29.5 Å². The van der Waals surface area contributed by atoms with E-state index in [1.807, 2.05) is 0 Å². The van der Waals surface area contributed by atoms with Crippen LogP contribution in [0.5, 0.6) is 11.5 Å². The molecule has 1 fully saturated rings. The summed E-state index contributed by atoms with van der Waals surface area (Å²) in [5.74, 6) is -1.18. The van der Waals surface area contributed by atoms with Crippen molar-refractivity contribution in [3.05, 3.63) is 58.4 Å². The summed E-state index contributed by atoms with van der Waals surface area (Å²) < 4.78 is 36.0. The number of carboxylic acid groups (broad SMARTS) is 1. The predicted octanol–water partition coefficient (Wildman–Crippen LogP) is 5.09. The Labute approximate surface area is 233 Å². The number of pyridine rings is 1. The number of nitrogens with one attached hydrogen (secondary N) is 1. The molecule has 3 aromatic rings. The van der Waals surface area contributed by atoms with Crippen molar-refractivity contribution in [2.24, 2.45) is 11.7 Å². The minimum Gasteiger partial charge on any atom is -0.489 e. The van der Waals surface area contributed by atoms with E-state index >= 15 is 0 Å². The molecule has 1 aliphatic rings. The van der Waals surface area contributed by atoms with Crippen LogP contribution in [0.3, 0.4) is 0 Å². The molecule has 0 radical (unpaired) electrons. The van der Waals surface area contributed by atoms with E-state index in [-0.39, 0.29) is 54.2 Å². The van der Waals surface area contributed by atoms with E-state index in [2.05, 4.69) is 20.0 Å². The minimum atomic E-state index is -3.00. The lowest BCUT2D eigenvalue weighted by Crippen LogP contribution is -2.25. The summed E-state index contributed by atoms with van der Waals surface area (Å²) in [4.78, 5) is 33.0. The van der Waals surface area contributed by atoms with Gasteiger partial charge in [0.15, 0.2) is 11.5 Å². The van der Waals surface area contributed by atoms with Gasteiger partial charge in [-0.05, 0) is 56.0 Å². The Balaban J connectivity index is 0.00000253. The molecule has 2 aromatic heterocycles. The zero-order chi connectivity index (χ0) is 25.8. The molecule has 1 atom stereocenters. The number of hydrogen-bond acceptors (Lipinski definition) is 8. The number of amides is 1. The summed E-state index contributed by atoms with van der Waals surface area (Å²) in [6.45, 7) is -0.888. The molecule has 0 aliphatic heterocycles. The van der Waals surface area contributed by atoms with Crippen LogP contribution >= 0.6 is 36.2 Å². The first-order valence-electron chi connectivity index (χ1n) is 11.2. The number of carbonyl (C=O) groups is 2. The van der Waals surface area contributed by atoms with Crippen LogP contribution in [0.4, 0.5) is 8.78 Å². The molecule has 1 saturated carbocycles. The summed E-state index contributed by atoms with van der Waals surface area (Å²) in [6, 6.07) is 8.50. The second-order valence-electron chi connectivity index (χ2n) is 8.32. The van der Waals surface area contributed by atoms with Crippen molar-refractivity contribution in [2.75, 3.05) is 6.61 Å². The van der Waals surface area contributed by atoms with Crippen molar-refractivity contribution in [3.8, 4) is 22.1 Å². The fraction of sp³-hybridized carbons (Fsp3) is 0.333. The van der Waals surface area contributed by atoms with Gasteiger partial charge in [0, 0.05) is 11.6 Å². The Morgan fingerprint density at radius 3 is 2.55 bits per heavy atom. The van der Waals surface area contributed by atoms with Crippen molar-refractivity contribution in [2.45, 2.75) is 39.0 Å². The molecule has 38 heavy (non-hydrogen) atoms. The van der Waals surface area contributed by atoms with E-state index in [1.54, 1.807) is 25.1 Å². The highest BCUT2D eigenvalue weighted by molar-refractivity contribution is 7.15. The number of benzene rings is 1. The molecule has 206 valence electrons. The average Bonchev–Trinajstić information content (AvgIpc) is 3.56. The van der Waals surface area contributed by atoms with E-state index in [0.717, 1.165) is 12.8 Å². The second kappa shape index (κ2) is 13.7. The van der Waals surface area contributed by atoms with Gasteiger partial charge < -0.3 is 25.6 Å². The number of ether oxygens (including phenoxy) is 2. The van der Waals surface area contributed by atoms with Crippen LogP contribution in [0, 0.1) is 5.92 Å². The molecule has 4 N–H and O–H groups in total. The number of aromatic carboxylic acids is 1. The molecule has 4 rings (SSSR count). The molecular weight excluding hydrogens is 565 g/mol. The molecule has 0 saturated heterocycles. The zero-order valence-corrected chi connectivity index (χ0v) is 22.5. The molecule has 0 spiro atoms. The van der Waals surface area contributed by atoms with Crippen LogP contribution < -0.4 is 20.5 Å². The number of nitrogens with zero attached hydrogens (tertiary/aromatic N) is 2. The first-order chi connectivity index (χ1) is 17.2. The van der Waals surface area contributed by atoms with Crippen molar-refractivity contribution in [3.63, 3.8) is 0 Å². The number of aromatic nitrogens is 2. The summed E-state index contributed by atoms with van der Waals surface area (Å²) in [6.07, 6.45) is 2.06. The molecule has 14 heteroatoms. The number of thiazole rings is 1. The van der Waals surface area contributed by atoms with Crippen LogP contribution in [-0.4, -0.2) is 40.2 Å². The largest absolute Gasteiger partial charge is 0.489 e. The lowest BCUT2D eigenvalue weighted by atomic mass is 10.2. The number of halogens is 4. The van der Waals surface area contributed by atoms with E-state index < -0.39 is 24.5 Å². The first kappa shape index (κ1) is 31.2. The summed E-state index contributed by atoms with van der Waals surface area (Å²) in [7, 11) is 0. The molecule has 1 amide bonds. The van der Waals surface area contributed by atoms with Crippen molar-refractivity contribution < 1.29 is 33.0 Å². The fourth-order valence-electron chi connectivity index (χ4n) is 3.32. The Morgan fingerprint density at radius 1 is 1.18 bits per heavy atom. The molecule has 9 nitrogen and oxygen atoms in total. The number of hydrogen-bond donors (Lipinski definition) is 3. The minimum absolute atomic E-state index is 0. The van der Waals surface area contributed by atoms with E-state index in [9.17, 15) is 18.4 Å². The van der Waals surface area contributed by atoms with Gasteiger partial charge in [-0.15, -0.1) is 36.2 Å². The Bertz CT molecular complexity index is 1270. The number of carbonyl (C=O) groups excluding carboxylic acids is 1. The highest BCUT2D eigenvalue weighted by Crippen LogP contribution is 2.38. The summed E-state index contributed by atoms with van der Waals surface area (Å²) in [5.41, 5.74) is 7.00. The van der Waals surface area contributed by atoms with Gasteiger partial charge in [0.25, 0.3) is 5.91 Å². The van der Waals surface area contributed by atoms with Gasteiger partial charge in [-0.2, -0.15) is 8.78 Å². The fourth-order valence-corrected chi connectivity index (χ4v) is 4.33. The van der Waals surface area contributed by atoms with Crippen molar-refractivity contribution in [1.82, 2.24) is 15.3 Å². The third-order valence-electron chi connectivity index (χ3n) is 5.32. The maximum absolute atomic E-state index is 12.9. The first-order valence-corrected chi connectivity index (χ1v) is 12.0. The number of alkyl halides is 2. The summed E-state index contributed by atoms with van der Waals surface area (Å²) >= 11 is 1.21. The van der Waals surface area contributed by atoms with Crippen LogP contribution in [-0.2, 0) is 6.54 Å². The van der Waals surface area contributed by atoms with Gasteiger partial charge in [0.2, 0.25) is 0 Å². The smallest absolute Gasteiger partial charge is 0.387 e. The maximum atomic E-state index is 12.9. The van der Waals surface area contributed by atoms with Gasteiger partial charge in [0.1, 0.15) is 16.4 Å². The van der Waals surface area contributed by atoms with Crippen molar-refractivity contribution >= 4 is 48.0 Å². The number of nitrogens with two attached hydrogens (primary N) is 1. The van der Waals surface area contributed by atoms with Gasteiger partial charge in [-0.3, -0.25) is 4.79 Å². The van der Waals surface area contributed by atoms with Gasteiger partial charge in [0.05, 0.1) is 23.7 Å². The van der Waals surface area contributed by atoms with Crippen LogP contribution in [0.1, 0.15) is 57.4 Å². The molecule has 0 unspecified atom stereocenters. The Morgan fingerprint density at radius 2 is 1.92 bits per heavy atom. The van der Waals surface area contributed by atoms with Gasteiger partial charge in [-0.1, -0.05) is 6.07 Å². The molecule has 1 aromatic carbocycles. The molecule has 0 bridgehead atoms. The van der Waals surface area contributed by atoms with Gasteiger partial charge in [-0.25, -0.2) is 14.8 Å². The highest BCUT2D eigenvalue weighted by atomic mass is 35.5. The third-order valence-corrected chi connectivity index (χ3v) is 6.62. The topological polar surface area (TPSA) is 137 Å².